The molecule has 3 rings (SSSR count). The van der Waals surface area contributed by atoms with Crippen LogP contribution in [-0.2, 0) is 12.8 Å². The monoisotopic (exact) mass is 300 g/mol. The molecule has 1 aliphatic rings. The van der Waals surface area contributed by atoms with Crippen LogP contribution < -0.4 is 5.32 Å². The van der Waals surface area contributed by atoms with Crippen LogP contribution in [0.2, 0.25) is 0 Å². The number of hydrogen-bond acceptors (Lipinski definition) is 3. The minimum absolute atomic E-state index is 0.522. The van der Waals surface area contributed by atoms with Crippen molar-refractivity contribution in [2.45, 2.75) is 52.0 Å². The molecule has 0 fully saturated rings. The van der Waals surface area contributed by atoms with Gasteiger partial charge in [-0.3, -0.25) is 0 Å². The maximum Gasteiger partial charge on any atom is 0.124 e. The van der Waals surface area contributed by atoms with Gasteiger partial charge < -0.3 is 5.32 Å². The predicted molar refractivity (Wildman–Crippen MR) is 90.9 cm³/mol. The molecule has 0 saturated carbocycles. The van der Waals surface area contributed by atoms with Crippen molar-refractivity contribution in [2.75, 3.05) is 6.54 Å². The van der Waals surface area contributed by atoms with Crippen LogP contribution in [0.3, 0.4) is 0 Å². The fourth-order valence-corrected chi connectivity index (χ4v) is 4.37. The number of hydrogen-bond donors (Lipinski definition) is 1. The molecule has 1 heterocycles. The standard InChI is InChI=1S/C18H24N2S/c1-3-12-19-15-10-7-11-16-17(15)21-18(20-16)14-9-6-5-8-13(14)4-2/h5-6,8-9,15,19H,3-4,7,10-12H2,1-2H3. The van der Waals surface area contributed by atoms with Gasteiger partial charge in [0.25, 0.3) is 0 Å². The molecule has 1 N–H and O–H groups in total. The van der Waals surface area contributed by atoms with Crippen molar-refractivity contribution in [2.24, 2.45) is 0 Å². The summed E-state index contributed by atoms with van der Waals surface area (Å²) >= 11 is 1.90. The molecule has 1 aromatic heterocycles. The van der Waals surface area contributed by atoms with Crippen LogP contribution in [0.1, 0.15) is 55.3 Å². The second kappa shape index (κ2) is 6.71. The highest BCUT2D eigenvalue weighted by atomic mass is 32.1. The van der Waals surface area contributed by atoms with Gasteiger partial charge in [0.15, 0.2) is 0 Å². The Balaban J connectivity index is 1.94. The zero-order chi connectivity index (χ0) is 14.7. The largest absolute Gasteiger partial charge is 0.309 e. The average Bonchev–Trinajstić information content (AvgIpc) is 2.97. The summed E-state index contributed by atoms with van der Waals surface area (Å²) in [4.78, 5) is 6.45. The van der Waals surface area contributed by atoms with Gasteiger partial charge in [-0.15, -0.1) is 11.3 Å². The summed E-state index contributed by atoms with van der Waals surface area (Å²) in [5, 5.41) is 4.90. The first kappa shape index (κ1) is 14.7. The molecular formula is C18H24N2S. The van der Waals surface area contributed by atoms with Gasteiger partial charge in [-0.1, -0.05) is 38.1 Å². The number of nitrogens with zero attached hydrogens (tertiary/aromatic N) is 1. The topological polar surface area (TPSA) is 24.9 Å². The summed E-state index contributed by atoms with van der Waals surface area (Å²) in [6.07, 6.45) is 5.91. The molecule has 0 amide bonds. The van der Waals surface area contributed by atoms with Gasteiger partial charge in [-0.25, -0.2) is 4.98 Å². The number of fused-ring (bicyclic) bond motifs is 1. The van der Waals surface area contributed by atoms with Crippen molar-refractivity contribution in [3.8, 4) is 10.6 Å². The van der Waals surface area contributed by atoms with Crippen molar-refractivity contribution >= 4 is 11.3 Å². The van der Waals surface area contributed by atoms with E-state index in [0.717, 1.165) is 19.4 Å². The smallest absolute Gasteiger partial charge is 0.124 e. The molecule has 0 saturated heterocycles. The lowest BCUT2D eigenvalue weighted by Crippen LogP contribution is -2.24. The molecule has 3 heteroatoms. The first-order valence-corrected chi connectivity index (χ1v) is 8.96. The predicted octanol–water partition coefficient (Wildman–Crippen LogP) is 4.75. The van der Waals surface area contributed by atoms with Crippen LogP contribution >= 0.6 is 11.3 Å². The third kappa shape index (κ3) is 3.04. The van der Waals surface area contributed by atoms with Crippen molar-refractivity contribution in [1.82, 2.24) is 10.3 Å². The SMILES string of the molecule is CCCNC1CCCc2nc(-c3ccccc3CC)sc21. The average molecular weight is 300 g/mol. The number of aromatic nitrogens is 1. The van der Waals surface area contributed by atoms with E-state index in [2.05, 4.69) is 43.4 Å². The Morgan fingerprint density at radius 3 is 2.95 bits per heavy atom. The van der Waals surface area contributed by atoms with E-state index in [9.17, 15) is 0 Å². The van der Waals surface area contributed by atoms with E-state index < -0.39 is 0 Å². The molecule has 1 aliphatic carbocycles. The van der Waals surface area contributed by atoms with Crippen LogP contribution in [0.15, 0.2) is 24.3 Å². The van der Waals surface area contributed by atoms with Gasteiger partial charge in [0, 0.05) is 16.5 Å². The lowest BCUT2D eigenvalue weighted by Gasteiger charge is -2.22. The maximum atomic E-state index is 4.97. The molecule has 0 bridgehead atoms. The lowest BCUT2D eigenvalue weighted by atomic mass is 9.98. The van der Waals surface area contributed by atoms with E-state index >= 15 is 0 Å². The summed E-state index contributed by atoms with van der Waals surface area (Å²) < 4.78 is 0. The van der Waals surface area contributed by atoms with Gasteiger partial charge >= 0.3 is 0 Å². The normalized spacial score (nSPS) is 17.7. The molecule has 21 heavy (non-hydrogen) atoms. The molecule has 1 unspecified atom stereocenters. The quantitative estimate of drug-likeness (QED) is 0.862. The van der Waals surface area contributed by atoms with Gasteiger partial charge in [0.2, 0.25) is 0 Å². The summed E-state index contributed by atoms with van der Waals surface area (Å²) in [6, 6.07) is 9.22. The van der Waals surface area contributed by atoms with Crippen LogP contribution in [0.25, 0.3) is 10.6 Å². The summed E-state index contributed by atoms with van der Waals surface area (Å²) in [7, 11) is 0. The third-order valence-electron chi connectivity index (χ3n) is 4.22. The number of benzene rings is 1. The third-order valence-corrected chi connectivity index (χ3v) is 5.46. The molecule has 1 aromatic carbocycles. The minimum atomic E-state index is 0.522. The van der Waals surface area contributed by atoms with Crippen molar-refractivity contribution in [3.05, 3.63) is 40.4 Å². The van der Waals surface area contributed by atoms with E-state index in [1.807, 2.05) is 11.3 Å². The highest BCUT2D eigenvalue weighted by Crippen LogP contribution is 2.38. The first-order chi connectivity index (χ1) is 10.3. The Hall–Kier alpha value is -1.19. The van der Waals surface area contributed by atoms with Gasteiger partial charge in [0.05, 0.1) is 5.69 Å². The summed E-state index contributed by atoms with van der Waals surface area (Å²) in [5.74, 6) is 0. The Bertz CT molecular complexity index is 603. The zero-order valence-electron chi connectivity index (χ0n) is 13.0. The molecule has 1 atom stereocenters. The Labute approximate surface area is 131 Å². The zero-order valence-corrected chi connectivity index (χ0v) is 13.8. The Morgan fingerprint density at radius 2 is 2.14 bits per heavy atom. The highest BCUT2D eigenvalue weighted by molar-refractivity contribution is 7.15. The van der Waals surface area contributed by atoms with E-state index in [1.165, 1.54) is 46.0 Å². The molecular weight excluding hydrogens is 276 g/mol. The maximum absolute atomic E-state index is 4.97. The van der Waals surface area contributed by atoms with Gasteiger partial charge in [-0.2, -0.15) is 0 Å². The lowest BCUT2D eigenvalue weighted by molar-refractivity contribution is 0.465. The first-order valence-electron chi connectivity index (χ1n) is 8.14. The number of rotatable bonds is 5. The number of aryl methyl sites for hydroxylation is 2. The van der Waals surface area contributed by atoms with Crippen molar-refractivity contribution in [1.29, 1.82) is 0 Å². The summed E-state index contributed by atoms with van der Waals surface area (Å²) in [6.45, 7) is 5.55. The molecule has 112 valence electrons. The molecule has 2 nitrogen and oxygen atoms in total. The van der Waals surface area contributed by atoms with E-state index in [-0.39, 0.29) is 0 Å². The fraction of sp³-hybridized carbons (Fsp3) is 0.500. The van der Waals surface area contributed by atoms with Gasteiger partial charge in [-0.05, 0) is 44.2 Å². The Kier molecular flexibility index (Phi) is 4.71. The van der Waals surface area contributed by atoms with Crippen molar-refractivity contribution in [3.63, 3.8) is 0 Å². The van der Waals surface area contributed by atoms with Crippen LogP contribution in [0.5, 0.6) is 0 Å². The second-order valence-corrected chi connectivity index (χ2v) is 6.77. The van der Waals surface area contributed by atoms with Crippen LogP contribution in [0.4, 0.5) is 0 Å². The number of nitrogens with one attached hydrogen (secondary N) is 1. The molecule has 0 radical (unpaired) electrons. The molecule has 2 aromatic rings. The van der Waals surface area contributed by atoms with E-state index in [0.29, 0.717) is 6.04 Å². The van der Waals surface area contributed by atoms with Crippen LogP contribution in [-0.4, -0.2) is 11.5 Å². The van der Waals surface area contributed by atoms with E-state index in [1.54, 1.807) is 0 Å². The molecule has 0 spiro atoms. The summed E-state index contributed by atoms with van der Waals surface area (Å²) in [5.41, 5.74) is 4.07. The fourth-order valence-electron chi connectivity index (χ4n) is 3.09. The van der Waals surface area contributed by atoms with E-state index in [4.69, 9.17) is 4.98 Å². The highest BCUT2D eigenvalue weighted by Gasteiger charge is 2.24. The minimum Gasteiger partial charge on any atom is -0.309 e. The van der Waals surface area contributed by atoms with Crippen LogP contribution in [0, 0.1) is 0 Å². The second-order valence-electron chi connectivity index (χ2n) is 5.74. The Morgan fingerprint density at radius 1 is 1.29 bits per heavy atom. The molecule has 0 aliphatic heterocycles. The number of thiazole rings is 1. The van der Waals surface area contributed by atoms with Crippen molar-refractivity contribution < 1.29 is 0 Å². The van der Waals surface area contributed by atoms with Gasteiger partial charge in [0.1, 0.15) is 5.01 Å².